The Kier molecular flexibility index (Phi) is 6.30. The molecule has 1 rings (SSSR count). The van der Waals surface area contributed by atoms with Crippen molar-refractivity contribution in [3.8, 4) is 0 Å². The third-order valence-electron chi connectivity index (χ3n) is 3.27. The molecule has 17 heavy (non-hydrogen) atoms. The van der Waals surface area contributed by atoms with Crippen LogP contribution in [0.1, 0.15) is 27.2 Å². The zero-order chi connectivity index (χ0) is 12.8. The van der Waals surface area contributed by atoms with Gasteiger partial charge in [0.1, 0.15) is 0 Å². The standard InChI is InChI=1S/C12H24N2O2S/c1-4-16-11(8-13)7-12(15)14-5-6-17-10(3)9(14)2/h9-11H,4-8,13H2,1-3H3. The van der Waals surface area contributed by atoms with Crippen molar-refractivity contribution in [1.29, 1.82) is 0 Å². The van der Waals surface area contributed by atoms with Crippen LogP contribution in [0.4, 0.5) is 0 Å². The van der Waals surface area contributed by atoms with Gasteiger partial charge in [-0.3, -0.25) is 4.79 Å². The van der Waals surface area contributed by atoms with Gasteiger partial charge in [-0.1, -0.05) is 6.92 Å². The van der Waals surface area contributed by atoms with Gasteiger partial charge >= 0.3 is 0 Å². The van der Waals surface area contributed by atoms with E-state index in [1.54, 1.807) is 0 Å². The Morgan fingerprint density at radius 2 is 2.29 bits per heavy atom. The van der Waals surface area contributed by atoms with Gasteiger partial charge in [-0.15, -0.1) is 0 Å². The third-order valence-corrected chi connectivity index (χ3v) is 4.61. The summed E-state index contributed by atoms with van der Waals surface area (Å²) in [6.07, 6.45) is 0.274. The molecule has 3 unspecified atom stereocenters. The monoisotopic (exact) mass is 260 g/mol. The molecule has 5 heteroatoms. The Bertz CT molecular complexity index is 251. The fraction of sp³-hybridized carbons (Fsp3) is 0.917. The normalized spacial score (nSPS) is 26.9. The Morgan fingerprint density at radius 3 is 2.88 bits per heavy atom. The van der Waals surface area contributed by atoms with Gasteiger partial charge in [-0.05, 0) is 13.8 Å². The second-order valence-electron chi connectivity index (χ2n) is 4.42. The van der Waals surface area contributed by atoms with Crippen molar-refractivity contribution < 1.29 is 9.53 Å². The highest BCUT2D eigenvalue weighted by Crippen LogP contribution is 2.24. The lowest BCUT2D eigenvalue weighted by Crippen LogP contribution is -2.49. The molecule has 1 aliphatic heterocycles. The van der Waals surface area contributed by atoms with E-state index in [0.29, 0.717) is 30.9 Å². The van der Waals surface area contributed by atoms with E-state index in [0.717, 1.165) is 12.3 Å². The molecule has 4 nitrogen and oxygen atoms in total. The largest absolute Gasteiger partial charge is 0.377 e. The van der Waals surface area contributed by atoms with E-state index in [2.05, 4.69) is 13.8 Å². The summed E-state index contributed by atoms with van der Waals surface area (Å²) in [5.74, 6) is 1.20. The Hall–Kier alpha value is -0.260. The molecule has 0 aliphatic carbocycles. The minimum Gasteiger partial charge on any atom is -0.377 e. The van der Waals surface area contributed by atoms with Gasteiger partial charge < -0.3 is 15.4 Å². The van der Waals surface area contributed by atoms with E-state index in [9.17, 15) is 4.79 Å². The molecule has 0 spiro atoms. The fourth-order valence-electron chi connectivity index (χ4n) is 2.04. The van der Waals surface area contributed by atoms with Gasteiger partial charge in [0.05, 0.1) is 12.5 Å². The summed E-state index contributed by atoms with van der Waals surface area (Å²) in [4.78, 5) is 14.2. The molecule has 3 atom stereocenters. The van der Waals surface area contributed by atoms with Crippen LogP contribution in [0.3, 0.4) is 0 Å². The second kappa shape index (κ2) is 7.24. The second-order valence-corrected chi connectivity index (χ2v) is 5.91. The van der Waals surface area contributed by atoms with Crippen LogP contribution in [-0.2, 0) is 9.53 Å². The van der Waals surface area contributed by atoms with E-state index in [1.807, 2.05) is 23.6 Å². The van der Waals surface area contributed by atoms with Crippen LogP contribution in [0.25, 0.3) is 0 Å². The molecule has 1 amide bonds. The molecular formula is C12H24N2O2S. The molecule has 1 saturated heterocycles. The third kappa shape index (κ3) is 4.16. The summed E-state index contributed by atoms with van der Waals surface area (Å²) >= 11 is 1.93. The number of ether oxygens (including phenoxy) is 1. The van der Waals surface area contributed by atoms with Crippen molar-refractivity contribution in [2.24, 2.45) is 5.73 Å². The minimum absolute atomic E-state index is 0.135. The molecule has 1 aliphatic rings. The Labute approximate surface area is 108 Å². The summed E-state index contributed by atoms with van der Waals surface area (Å²) in [5.41, 5.74) is 5.60. The Morgan fingerprint density at radius 1 is 1.59 bits per heavy atom. The predicted molar refractivity (Wildman–Crippen MR) is 72.2 cm³/mol. The molecular weight excluding hydrogens is 236 g/mol. The average Bonchev–Trinajstić information content (AvgIpc) is 2.31. The van der Waals surface area contributed by atoms with Gasteiger partial charge in [0.2, 0.25) is 5.91 Å². The number of hydrogen-bond acceptors (Lipinski definition) is 4. The van der Waals surface area contributed by atoms with Crippen LogP contribution in [0.2, 0.25) is 0 Å². The molecule has 2 N–H and O–H groups in total. The first-order valence-electron chi connectivity index (χ1n) is 6.32. The van der Waals surface area contributed by atoms with E-state index < -0.39 is 0 Å². The molecule has 1 fully saturated rings. The van der Waals surface area contributed by atoms with Gasteiger partial charge in [0.25, 0.3) is 0 Å². The SMILES string of the molecule is CCOC(CN)CC(=O)N1CCSC(C)C1C. The molecule has 1 heterocycles. The number of thioether (sulfide) groups is 1. The first kappa shape index (κ1) is 14.8. The number of amides is 1. The maximum absolute atomic E-state index is 12.2. The van der Waals surface area contributed by atoms with Crippen molar-refractivity contribution in [1.82, 2.24) is 4.90 Å². The van der Waals surface area contributed by atoms with E-state index in [1.165, 1.54) is 0 Å². The van der Waals surface area contributed by atoms with E-state index in [-0.39, 0.29) is 12.0 Å². The molecule has 0 radical (unpaired) electrons. The quantitative estimate of drug-likeness (QED) is 0.804. The van der Waals surface area contributed by atoms with Gasteiger partial charge in [0, 0.05) is 36.7 Å². The maximum Gasteiger partial charge on any atom is 0.225 e. The number of nitrogens with two attached hydrogens (primary N) is 1. The zero-order valence-electron chi connectivity index (χ0n) is 11.0. The number of nitrogens with zero attached hydrogens (tertiary/aromatic N) is 1. The summed E-state index contributed by atoms with van der Waals surface area (Å²) in [6, 6.07) is 0.307. The lowest BCUT2D eigenvalue weighted by atomic mass is 10.1. The fourth-order valence-corrected chi connectivity index (χ4v) is 3.14. The van der Waals surface area contributed by atoms with E-state index >= 15 is 0 Å². The van der Waals surface area contributed by atoms with Crippen LogP contribution in [0.5, 0.6) is 0 Å². The predicted octanol–water partition coefficient (Wildman–Crippen LogP) is 1.09. The lowest BCUT2D eigenvalue weighted by molar-refractivity contribution is -0.135. The van der Waals surface area contributed by atoms with E-state index in [4.69, 9.17) is 10.5 Å². The number of carbonyl (C=O) groups excluding carboxylic acids is 1. The summed E-state index contributed by atoms with van der Waals surface area (Å²) in [6.45, 7) is 8.08. The van der Waals surface area contributed by atoms with Crippen molar-refractivity contribution in [2.45, 2.75) is 44.6 Å². The average molecular weight is 260 g/mol. The van der Waals surface area contributed by atoms with Crippen LogP contribution in [0, 0.1) is 0 Å². The lowest BCUT2D eigenvalue weighted by Gasteiger charge is -2.38. The number of rotatable bonds is 5. The first-order chi connectivity index (χ1) is 8.10. The maximum atomic E-state index is 12.2. The molecule has 100 valence electrons. The van der Waals surface area contributed by atoms with Gasteiger partial charge in [-0.2, -0.15) is 11.8 Å². The van der Waals surface area contributed by atoms with Gasteiger partial charge in [0.15, 0.2) is 0 Å². The first-order valence-corrected chi connectivity index (χ1v) is 7.37. The van der Waals surface area contributed by atoms with Gasteiger partial charge in [-0.25, -0.2) is 0 Å². The van der Waals surface area contributed by atoms with Crippen LogP contribution >= 0.6 is 11.8 Å². The highest BCUT2D eigenvalue weighted by molar-refractivity contribution is 8.00. The highest BCUT2D eigenvalue weighted by atomic mass is 32.2. The Balaban J connectivity index is 2.50. The number of carbonyl (C=O) groups is 1. The minimum atomic E-state index is -0.135. The highest BCUT2D eigenvalue weighted by Gasteiger charge is 2.29. The van der Waals surface area contributed by atoms with Crippen molar-refractivity contribution in [3.63, 3.8) is 0 Å². The van der Waals surface area contributed by atoms with Crippen molar-refractivity contribution >= 4 is 17.7 Å². The molecule has 0 bridgehead atoms. The molecule has 0 aromatic carbocycles. The molecule has 0 aromatic heterocycles. The zero-order valence-corrected chi connectivity index (χ0v) is 11.8. The van der Waals surface area contributed by atoms with Crippen LogP contribution in [0.15, 0.2) is 0 Å². The number of hydrogen-bond donors (Lipinski definition) is 1. The van der Waals surface area contributed by atoms with Crippen molar-refractivity contribution in [3.05, 3.63) is 0 Å². The van der Waals surface area contributed by atoms with Crippen molar-refractivity contribution in [2.75, 3.05) is 25.4 Å². The topological polar surface area (TPSA) is 55.6 Å². The smallest absolute Gasteiger partial charge is 0.225 e. The summed E-state index contributed by atoms with van der Waals surface area (Å²) < 4.78 is 5.44. The van der Waals surface area contributed by atoms with Crippen LogP contribution in [-0.4, -0.2) is 53.7 Å². The van der Waals surface area contributed by atoms with Crippen LogP contribution < -0.4 is 5.73 Å². The molecule has 0 aromatic rings. The summed E-state index contributed by atoms with van der Waals surface area (Å²) in [7, 11) is 0. The molecule has 0 saturated carbocycles. The summed E-state index contributed by atoms with van der Waals surface area (Å²) in [5, 5.41) is 0.510.